The van der Waals surface area contributed by atoms with E-state index in [1.54, 1.807) is 18.2 Å². The molecule has 1 aromatic carbocycles. The summed E-state index contributed by atoms with van der Waals surface area (Å²) in [5, 5.41) is 12.2. The van der Waals surface area contributed by atoms with Crippen molar-refractivity contribution in [1.82, 2.24) is 4.98 Å². The molecule has 1 N–H and O–H groups in total. The van der Waals surface area contributed by atoms with E-state index in [0.29, 0.717) is 15.7 Å². The Hall–Kier alpha value is -2.42. The number of benzene rings is 1. The van der Waals surface area contributed by atoms with Crippen molar-refractivity contribution in [2.75, 3.05) is 5.32 Å². The molecule has 0 aliphatic rings. The molecule has 0 aliphatic heterocycles. The van der Waals surface area contributed by atoms with E-state index in [-0.39, 0.29) is 5.69 Å². The SMILES string of the molecule is N#C[C@@H](C(=O)Nc1cc(Cl)cc(Cl)c1)C(=O)c1ccccn1. The van der Waals surface area contributed by atoms with Crippen molar-refractivity contribution in [3.63, 3.8) is 0 Å². The topological polar surface area (TPSA) is 82.9 Å². The van der Waals surface area contributed by atoms with Gasteiger partial charge in [-0.25, -0.2) is 0 Å². The molecule has 0 spiro atoms. The first-order chi connectivity index (χ1) is 10.5. The zero-order chi connectivity index (χ0) is 16.1. The Balaban J connectivity index is 2.19. The summed E-state index contributed by atoms with van der Waals surface area (Å²) in [7, 11) is 0. The second-order valence-electron chi connectivity index (χ2n) is 4.29. The molecule has 22 heavy (non-hydrogen) atoms. The van der Waals surface area contributed by atoms with Crippen molar-refractivity contribution in [3.05, 3.63) is 58.3 Å². The number of carbonyl (C=O) groups is 2. The van der Waals surface area contributed by atoms with Crippen molar-refractivity contribution >= 4 is 40.6 Å². The molecule has 2 rings (SSSR count). The number of Topliss-reactive ketones (excluding diaryl/α,β-unsaturated/α-hetero) is 1. The van der Waals surface area contributed by atoms with Crippen LogP contribution < -0.4 is 5.32 Å². The molecular weight excluding hydrogens is 325 g/mol. The minimum atomic E-state index is -1.51. The number of pyridine rings is 1. The van der Waals surface area contributed by atoms with Crippen LogP contribution in [0.3, 0.4) is 0 Å². The van der Waals surface area contributed by atoms with E-state index in [2.05, 4.69) is 10.3 Å². The highest BCUT2D eigenvalue weighted by molar-refractivity contribution is 6.35. The number of carbonyl (C=O) groups excluding carboxylic acids is 2. The van der Waals surface area contributed by atoms with Crippen LogP contribution >= 0.6 is 23.2 Å². The van der Waals surface area contributed by atoms with Gasteiger partial charge in [0.15, 0.2) is 5.92 Å². The smallest absolute Gasteiger partial charge is 0.249 e. The summed E-state index contributed by atoms with van der Waals surface area (Å²) in [6.45, 7) is 0. The molecule has 1 amide bonds. The number of halogens is 2. The Morgan fingerprint density at radius 2 is 1.86 bits per heavy atom. The first-order valence-corrected chi connectivity index (χ1v) is 6.88. The van der Waals surface area contributed by atoms with Crippen molar-refractivity contribution in [2.24, 2.45) is 5.92 Å². The molecule has 1 heterocycles. The quantitative estimate of drug-likeness (QED) is 0.686. The molecule has 0 saturated carbocycles. The predicted octanol–water partition coefficient (Wildman–Crippen LogP) is 3.35. The summed E-state index contributed by atoms with van der Waals surface area (Å²) in [5.74, 6) is -2.95. The predicted molar refractivity (Wildman–Crippen MR) is 82.8 cm³/mol. The molecule has 0 aliphatic carbocycles. The Bertz CT molecular complexity index is 737. The van der Waals surface area contributed by atoms with E-state index >= 15 is 0 Å². The van der Waals surface area contributed by atoms with Crippen molar-refractivity contribution in [2.45, 2.75) is 0 Å². The monoisotopic (exact) mass is 333 g/mol. The molecule has 0 fully saturated rings. The van der Waals surface area contributed by atoms with Gasteiger partial charge in [0.25, 0.3) is 0 Å². The van der Waals surface area contributed by atoms with Crippen LogP contribution in [-0.4, -0.2) is 16.7 Å². The third kappa shape index (κ3) is 3.82. The van der Waals surface area contributed by atoms with Gasteiger partial charge < -0.3 is 5.32 Å². The minimum Gasteiger partial charge on any atom is -0.324 e. The van der Waals surface area contributed by atoms with E-state index in [1.165, 1.54) is 30.5 Å². The van der Waals surface area contributed by atoms with Crippen LogP contribution in [0.2, 0.25) is 10.0 Å². The number of amides is 1. The normalized spacial score (nSPS) is 11.3. The van der Waals surface area contributed by atoms with Crippen LogP contribution in [0, 0.1) is 17.2 Å². The number of nitriles is 1. The number of nitrogens with zero attached hydrogens (tertiary/aromatic N) is 2. The summed E-state index contributed by atoms with van der Waals surface area (Å²) in [4.78, 5) is 28.1. The van der Waals surface area contributed by atoms with Gasteiger partial charge in [-0.3, -0.25) is 14.6 Å². The second-order valence-corrected chi connectivity index (χ2v) is 5.16. The highest BCUT2D eigenvalue weighted by atomic mass is 35.5. The van der Waals surface area contributed by atoms with Crippen molar-refractivity contribution in [1.29, 1.82) is 5.26 Å². The average Bonchev–Trinajstić information content (AvgIpc) is 2.47. The fraction of sp³-hybridized carbons (Fsp3) is 0.0667. The van der Waals surface area contributed by atoms with Gasteiger partial charge in [-0.05, 0) is 30.3 Å². The standard InChI is InChI=1S/C15H9Cl2N3O2/c16-9-5-10(17)7-11(6-9)20-15(22)12(8-18)14(21)13-3-1-2-4-19-13/h1-7,12H,(H,20,22)/t12-/m1/s1. The van der Waals surface area contributed by atoms with Gasteiger partial charge in [0.1, 0.15) is 5.69 Å². The molecule has 2 aromatic rings. The first kappa shape index (κ1) is 16.0. The lowest BCUT2D eigenvalue weighted by molar-refractivity contribution is -0.117. The van der Waals surface area contributed by atoms with Gasteiger partial charge in [0.2, 0.25) is 11.7 Å². The zero-order valence-electron chi connectivity index (χ0n) is 11.1. The number of anilines is 1. The molecule has 0 bridgehead atoms. The molecule has 0 saturated heterocycles. The number of aromatic nitrogens is 1. The van der Waals surface area contributed by atoms with E-state index in [0.717, 1.165) is 0 Å². The lowest BCUT2D eigenvalue weighted by atomic mass is 10.0. The van der Waals surface area contributed by atoms with Gasteiger partial charge in [0.05, 0.1) is 6.07 Å². The second kappa shape index (κ2) is 7.03. The van der Waals surface area contributed by atoms with E-state index in [4.69, 9.17) is 28.5 Å². The number of rotatable bonds is 4. The summed E-state index contributed by atoms with van der Waals surface area (Å²) >= 11 is 11.7. The lowest BCUT2D eigenvalue weighted by Gasteiger charge is -2.10. The number of ketones is 1. The summed E-state index contributed by atoms with van der Waals surface area (Å²) in [6.07, 6.45) is 1.41. The van der Waals surface area contributed by atoms with Crippen LogP contribution in [0.5, 0.6) is 0 Å². The van der Waals surface area contributed by atoms with Gasteiger partial charge in [-0.2, -0.15) is 5.26 Å². The Morgan fingerprint density at radius 3 is 2.41 bits per heavy atom. The average molecular weight is 334 g/mol. The third-order valence-corrected chi connectivity index (χ3v) is 3.14. The van der Waals surface area contributed by atoms with Crippen LogP contribution in [0.4, 0.5) is 5.69 Å². The van der Waals surface area contributed by atoms with Crippen LogP contribution in [0.15, 0.2) is 42.6 Å². The number of hydrogen-bond donors (Lipinski definition) is 1. The number of nitrogens with one attached hydrogen (secondary N) is 1. The maximum atomic E-state index is 12.1. The van der Waals surface area contributed by atoms with E-state index < -0.39 is 17.6 Å². The zero-order valence-corrected chi connectivity index (χ0v) is 12.6. The molecule has 0 unspecified atom stereocenters. The summed E-state index contributed by atoms with van der Waals surface area (Å²) < 4.78 is 0. The van der Waals surface area contributed by atoms with E-state index in [1.807, 2.05) is 0 Å². The first-order valence-electron chi connectivity index (χ1n) is 6.13. The van der Waals surface area contributed by atoms with Crippen molar-refractivity contribution in [3.8, 4) is 6.07 Å². The molecule has 110 valence electrons. The van der Waals surface area contributed by atoms with Gasteiger partial charge >= 0.3 is 0 Å². The molecule has 1 atom stereocenters. The molecular formula is C15H9Cl2N3O2. The van der Waals surface area contributed by atoms with Crippen molar-refractivity contribution < 1.29 is 9.59 Å². The van der Waals surface area contributed by atoms with Gasteiger partial charge in [-0.1, -0.05) is 29.3 Å². The Labute approximate surface area is 136 Å². The fourth-order valence-electron chi connectivity index (χ4n) is 1.73. The molecule has 5 nitrogen and oxygen atoms in total. The third-order valence-electron chi connectivity index (χ3n) is 2.70. The van der Waals surface area contributed by atoms with Crippen LogP contribution in [-0.2, 0) is 4.79 Å². The fourth-order valence-corrected chi connectivity index (χ4v) is 2.26. The highest BCUT2D eigenvalue weighted by Crippen LogP contribution is 2.23. The summed E-state index contributed by atoms with van der Waals surface area (Å²) in [5.41, 5.74) is 0.352. The number of hydrogen-bond acceptors (Lipinski definition) is 4. The highest BCUT2D eigenvalue weighted by Gasteiger charge is 2.28. The maximum Gasteiger partial charge on any atom is 0.249 e. The Kier molecular flexibility index (Phi) is 5.10. The van der Waals surface area contributed by atoms with Crippen LogP contribution in [0.25, 0.3) is 0 Å². The lowest BCUT2D eigenvalue weighted by Crippen LogP contribution is -2.29. The Morgan fingerprint density at radius 1 is 1.18 bits per heavy atom. The molecule has 7 heteroatoms. The minimum absolute atomic E-state index is 0.0494. The van der Waals surface area contributed by atoms with Gasteiger partial charge in [0, 0.05) is 21.9 Å². The van der Waals surface area contributed by atoms with Crippen LogP contribution in [0.1, 0.15) is 10.5 Å². The maximum absolute atomic E-state index is 12.1. The van der Waals surface area contributed by atoms with Gasteiger partial charge in [-0.15, -0.1) is 0 Å². The molecule has 0 radical (unpaired) electrons. The molecule has 1 aromatic heterocycles. The largest absolute Gasteiger partial charge is 0.324 e. The van der Waals surface area contributed by atoms with E-state index in [9.17, 15) is 9.59 Å². The summed E-state index contributed by atoms with van der Waals surface area (Å²) in [6, 6.07) is 10.8.